The lowest BCUT2D eigenvalue weighted by molar-refractivity contribution is -0.145. The fourth-order valence-corrected chi connectivity index (χ4v) is 1.14. The van der Waals surface area contributed by atoms with Crippen molar-refractivity contribution < 1.29 is 14.3 Å². The van der Waals surface area contributed by atoms with Crippen molar-refractivity contribution in [3.05, 3.63) is 29.8 Å². The molecule has 0 aliphatic rings. The molecule has 0 aliphatic heterocycles. The van der Waals surface area contributed by atoms with Gasteiger partial charge in [-0.05, 0) is 11.6 Å². The van der Waals surface area contributed by atoms with E-state index in [-0.39, 0.29) is 18.8 Å². The maximum absolute atomic E-state index is 11.3. The Labute approximate surface area is 88.0 Å². The van der Waals surface area contributed by atoms with Gasteiger partial charge in [0.05, 0.1) is 0 Å². The molecule has 0 saturated carbocycles. The zero-order valence-electron chi connectivity index (χ0n) is 8.53. The number of ether oxygens (including phenoxy) is 1. The summed E-state index contributed by atoms with van der Waals surface area (Å²) in [5.41, 5.74) is 7.00. The van der Waals surface area contributed by atoms with Crippen LogP contribution < -0.4 is 5.73 Å². The molecule has 0 heterocycles. The fraction of sp³-hybridized carbons (Fsp3) is 0.273. The van der Waals surface area contributed by atoms with Gasteiger partial charge >= 0.3 is 5.97 Å². The summed E-state index contributed by atoms with van der Waals surface area (Å²) >= 11 is 0. The molecule has 0 unspecified atom stereocenters. The number of hydrogen-bond donors (Lipinski definition) is 1. The molecule has 80 valence electrons. The van der Waals surface area contributed by atoms with Crippen LogP contribution in [0.2, 0.25) is 0 Å². The van der Waals surface area contributed by atoms with Crippen LogP contribution in [0.4, 0.5) is 5.69 Å². The molecule has 0 aromatic heterocycles. The molecule has 0 fully saturated rings. The predicted octanol–water partition coefficient (Wildman–Crippen LogP) is 0.944. The van der Waals surface area contributed by atoms with Gasteiger partial charge in [-0.25, -0.2) is 0 Å². The SMILES string of the molecule is CC(=O)OCC(=O)Cc1ccccc1N. The molecule has 0 aliphatic carbocycles. The molecule has 1 aromatic rings. The van der Waals surface area contributed by atoms with E-state index in [0.717, 1.165) is 5.56 Å². The smallest absolute Gasteiger partial charge is 0.303 e. The Morgan fingerprint density at radius 3 is 2.60 bits per heavy atom. The van der Waals surface area contributed by atoms with Gasteiger partial charge in [-0.15, -0.1) is 0 Å². The number of para-hydroxylation sites is 1. The second kappa shape index (κ2) is 5.14. The Bertz CT molecular complexity index is 374. The zero-order valence-corrected chi connectivity index (χ0v) is 8.53. The van der Waals surface area contributed by atoms with E-state index < -0.39 is 5.97 Å². The minimum Gasteiger partial charge on any atom is -0.458 e. The van der Waals surface area contributed by atoms with Gasteiger partial charge in [-0.1, -0.05) is 18.2 Å². The number of Topliss-reactive ketones (excluding diaryl/α,β-unsaturated/α-hetero) is 1. The zero-order chi connectivity index (χ0) is 11.3. The van der Waals surface area contributed by atoms with Crippen LogP contribution in [0.5, 0.6) is 0 Å². The number of benzene rings is 1. The van der Waals surface area contributed by atoms with Crippen molar-refractivity contribution in [1.82, 2.24) is 0 Å². The Hall–Kier alpha value is -1.84. The lowest BCUT2D eigenvalue weighted by Crippen LogP contribution is -2.14. The van der Waals surface area contributed by atoms with Gasteiger partial charge in [0.25, 0.3) is 0 Å². The van der Waals surface area contributed by atoms with Gasteiger partial charge in [-0.2, -0.15) is 0 Å². The third-order valence-electron chi connectivity index (χ3n) is 1.88. The predicted molar refractivity (Wildman–Crippen MR) is 56.2 cm³/mol. The summed E-state index contributed by atoms with van der Waals surface area (Å²) in [6.45, 7) is 1.08. The van der Waals surface area contributed by atoms with Crippen molar-refractivity contribution in [2.24, 2.45) is 0 Å². The standard InChI is InChI=1S/C11H13NO3/c1-8(13)15-7-10(14)6-9-4-2-3-5-11(9)12/h2-5H,6-7,12H2,1H3. The average Bonchev–Trinajstić information content (AvgIpc) is 2.18. The maximum Gasteiger partial charge on any atom is 0.303 e. The van der Waals surface area contributed by atoms with Gasteiger partial charge < -0.3 is 10.5 Å². The molecule has 0 radical (unpaired) electrons. The van der Waals surface area contributed by atoms with Crippen molar-refractivity contribution in [3.8, 4) is 0 Å². The first-order valence-corrected chi connectivity index (χ1v) is 4.58. The van der Waals surface area contributed by atoms with Crippen LogP contribution in [0.3, 0.4) is 0 Å². The first kappa shape index (κ1) is 11.2. The second-order valence-corrected chi connectivity index (χ2v) is 3.19. The van der Waals surface area contributed by atoms with Gasteiger partial charge in [0.15, 0.2) is 5.78 Å². The molecule has 2 N–H and O–H groups in total. The lowest BCUT2D eigenvalue weighted by Gasteiger charge is -2.04. The second-order valence-electron chi connectivity index (χ2n) is 3.19. The molecular formula is C11H13NO3. The topological polar surface area (TPSA) is 69.4 Å². The van der Waals surface area contributed by atoms with Crippen molar-refractivity contribution in [3.63, 3.8) is 0 Å². The third-order valence-corrected chi connectivity index (χ3v) is 1.88. The molecule has 0 spiro atoms. The van der Waals surface area contributed by atoms with Crippen LogP contribution in [0.15, 0.2) is 24.3 Å². The van der Waals surface area contributed by atoms with Crippen LogP contribution in [-0.4, -0.2) is 18.4 Å². The number of anilines is 1. The van der Waals surface area contributed by atoms with Crippen LogP contribution in [0.1, 0.15) is 12.5 Å². The monoisotopic (exact) mass is 207 g/mol. The van der Waals surface area contributed by atoms with Gasteiger partial charge in [0.1, 0.15) is 6.61 Å². The molecule has 4 nitrogen and oxygen atoms in total. The van der Waals surface area contributed by atoms with Gasteiger partial charge in [-0.3, -0.25) is 9.59 Å². The van der Waals surface area contributed by atoms with E-state index in [1.54, 1.807) is 18.2 Å². The molecule has 0 bridgehead atoms. The van der Waals surface area contributed by atoms with Gasteiger partial charge in [0, 0.05) is 19.0 Å². The number of hydrogen-bond acceptors (Lipinski definition) is 4. The quantitative estimate of drug-likeness (QED) is 0.589. The van der Waals surface area contributed by atoms with E-state index in [9.17, 15) is 9.59 Å². The molecule has 1 aromatic carbocycles. The third kappa shape index (κ3) is 3.81. The normalized spacial score (nSPS) is 9.67. The molecule has 0 saturated heterocycles. The summed E-state index contributed by atoms with van der Waals surface area (Å²) < 4.78 is 4.59. The van der Waals surface area contributed by atoms with E-state index in [1.807, 2.05) is 6.07 Å². The largest absolute Gasteiger partial charge is 0.458 e. The van der Waals surface area contributed by atoms with E-state index >= 15 is 0 Å². The first-order valence-electron chi connectivity index (χ1n) is 4.58. The highest BCUT2D eigenvalue weighted by atomic mass is 16.5. The number of nitrogen functional groups attached to an aromatic ring is 1. The maximum atomic E-state index is 11.3. The highest BCUT2D eigenvalue weighted by molar-refractivity contribution is 5.85. The number of nitrogens with two attached hydrogens (primary N) is 1. The van der Waals surface area contributed by atoms with E-state index in [1.165, 1.54) is 6.92 Å². The Balaban J connectivity index is 2.52. The summed E-state index contributed by atoms with van der Waals surface area (Å²) in [6, 6.07) is 7.12. The summed E-state index contributed by atoms with van der Waals surface area (Å²) in [6.07, 6.45) is 0.194. The highest BCUT2D eigenvalue weighted by Gasteiger charge is 2.07. The first-order chi connectivity index (χ1) is 7.09. The fourth-order valence-electron chi connectivity index (χ4n) is 1.14. The van der Waals surface area contributed by atoms with Crippen LogP contribution in [0.25, 0.3) is 0 Å². The molecule has 0 atom stereocenters. The average molecular weight is 207 g/mol. The molecular weight excluding hydrogens is 194 g/mol. The van der Waals surface area contributed by atoms with Gasteiger partial charge in [0.2, 0.25) is 0 Å². The van der Waals surface area contributed by atoms with E-state index in [4.69, 9.17) is 5.73 Å². The minimum atomic E-state index is -0.454. The van der Waals surface area contributed by atoms with Crippen LogP contribution in [0, 0.1) is 0 Å². The molecule has 4 heteroatoms. The Morgan fingerprint density at radius 2 is 2.00 bits per heavy atom. The van der Waals surface area contributed by atoms with Crippen LogP contribution >= 0.6 is 0 Å². The highest BCUT2D eigenvalue weighted by Crippen LogP contribution is 2.11. The summed E-state index contributed by atoms with van der Waals surface area (Å²) in [7, 11) is 0. The van der Waals surface area contributed by atoms with Crippen molar-refractivity contribution in [1.29, 1.82) is 0 Å². The number of esters is 1. The summed E-state index contributed by atoms with van der Waals surface area (Å²) in [4.78, 5) is 21.8. The Kier molecular flexibility index (Phi) is 3.85. The number of rotatable bonds is 4. The number of carbonyl (C=O) groups excluding carboxylic acids is 2. The number of ketones is 1. The number of carbonyl (C=O) groups is 2. The molecule has 1 rings (SSSR count). The molecule has 15 heavy (non-hydrogen) atoms. The molecule has 0 amide bonds. The van der Waals surface area contributed by atoms with Crippen molar-refractivity contribution in [2.45, 2.75) is 13.3 Å². The minimum absolute atomic E-state index is 0.164. The van der Waals surface area contributed by atoms with Crippen molar-refractivity contribution >= 4 is 17.4 Å². The van der Waals surface area contributed by atoms with Crippen LogP contribution in [-0.2, 0) is 20.7 Å². The summed E-state index contributed by atoms with van der Waals surface area (Å²) in [5, 5.41) is 0. The lowest BCUT2D eigenvalue weighted by atomic mass is 10.1. The van der Waals surface area contributed by atoms with Crippen molar-refractivity contribution in [2.75, 3.05) is 12.3 Å². The Morgan fingerprint density at radius 1 is 1.33 bits per heavy atom. The van der Waals surface area contributed by atoms with E-state index in [2.05, 4.69) is 4.74 Å². The van der Waals surface area contributed by atoms with E-state index in [0.29, 0.717) is 5.69 Å². The summed E-state index contributed by atoms with van der Waals surface area (Å²) in [5.74, 6) is -0.618.